The highest BCUT2D eigenvalue weighted by molar-refractivity contribution is 9.10. The van der Waals surface area contributed by atoms with E-state index < -0.39 is 5.60 Å². The summed E-state index contributed by atoms with van der Waals surface area (Å²) in [6.45, 7) is 5.90. The van der Waals surface area contributed by atoms with Gasteiger partial charge in [-0.25, -0.2) is 4.39 Å². The second-order valence-corrected chi connectivity index (χ2v) is 6.20. The van der Waals surface area contributed by atoms with E-state index in [9.17, 15) is 9.50 Å². The van der Waals surface area contributed by atoms with Crippen LogP contribution in [0.3, 0.4) is 0 Å². The van der Waals surface area contributed by atoms with Crippen molar-refractivity contribution in [2.24, 2.45) is 0 Å². The Morgan fingerprint density at radius 3 is 2.50 bits per heavy atom. The number of nitrogens with zero attached hydrogens (tertiary/aromatic N) is 1. The Balaban J connectivity index is 2.20. The summed E-state index contributed by atoms with van der Waals surface area (Å²) in [4.78, 5) is 2.31. The largest absolute Gasteiger partial charge is 0.385 e. The van der Waals surface area contributed by atoms with Crippen LogP contribution in [0.5, 0.6) is 0 Å². The average Bonchev–Trinajstić information content (AvgIpc) is 2.32. The number of aliphatic hydroxyl groups is 1. The fraction of sp³-hybridized carbons (Fsp3) is 0.571. The Morgan fingerprint density at radius 1 is 1.33 bits per heavy atom. The van der Waals surface area contributed by atoms with Crippen molar-refractivity contribution >= 4 is 15.9 Å². The van der Waals surface area contributed by atoms with Crippen molar-refractivity contribution < 1.29 is 9.50 Å². The molecule has 1 aromatic rings. The third-order valence-electron chi connectivity index (χ3n) is 3.79. The van der Waals surface area contributed by atoms with Crippen molar-refractivity contribution in [2.45, 2.75) is 38.3 Å². The van der Waals surface area contributed by atoms with E-state index >= 15 is 0 Å². The molecule has 4 heteroatoms. The van der Waals surface area contributed by atoms with Gasteiger partial charge >= 0.3 is 0 Å². The predicted molar refractivity (Wildman–Crippen MR) is 73.9 cm³/mol. The van der Waals surface area contributed by atoms with Crippen LogP contribution in [0, 0.1) is 5.82 Å². The number of hydrogen-bond acceptors (Lipinski definition) is 2. The van der Waals surface area contributed by atoms with E-state index in [0.29, 0.717) is 24.4 Å². The molecular formula is C14H19BrFNO. The molecule has 0 unspecified atom stereocenters. The van der Waals surface area contributed by atoms with Crippen LogP contribution < -0.4 is 0 Å². The highest BCUT2D eigenvalue weighted by Crippen LogP contribution is 2.36. The first-order valence-corrected chi connectivity index (χ1v) is 7.14. The molecule has 1 saturated heterocycles. The summed E-state index contributed by atoms with van der Waals surface area (Å²) in [6.07, 6.45) is 1.16. The molecule has 0 radical (unpaired) electrons. The second kappa shape index (κ2) is 5.27. The van der Waals surface area contributed by atoms with E-state index in [-0.39, 0.29) is 5.82 Å². The molecule has 2 rings (SSSR count). The third-order valence-corrected chi connectivity index (χ3v) is 4.28. The quantitative estimate of drug-likeness (QED) is 0.905. The molecule has 100 valence electrons. The predicted octanol–water partition coefficient (Wildman–Crippen LogP) is 3.28. The highest BCUT2D eigenvalue weighted by atomic mass is 79.9. The van der Waals surface area contributed by atoms with Gasteiger partial charge < -0.3 is 10.0 Å². The summed E-state index contributed by atoms with van der Waals surface area (Å²) in [5.41, 5.74) is -0.612. The van der Waals surface area contributed by atoms with Gasteiger partial charge in [0.15, 0.2) is 0 Å². The summed E-state index contributed by atoms with van der Waals surface area (Å²) in [5.74, 6) is -0.321. The number of piperidine rings is 1. The summed E-state index contributed by atoms with van der Waals surface area (Å²) >= 11 is 3.33. The minimum Gasteiger partial charge on any atom is -0.385 e. The SMILES string of the molecule is CC(C)N1CCC(O)(c2cc(Br)ccc2F)CC1. The molecule has 0 amide bonds. The summed E-state index contributed by atoms with van der Waals surface area (Å²) in [5, 5.41) is 10.7. The van der Waals surface area contributed by atoms with Gasteiger partial charge in [0.1, 0.15) is 5.82 Å². The molecule has 1 N–H and O–H groups in total. The molecule has 1 aliphatic rings. The number of rotatable bonds is 2. The van der Waals surface area contributed by atoms with Gasteiger partial charge in [-0.2, -0.15) is 0 Å². The zero-order valence-electron chi connectivity index (χ0n) is 10.8. The van der Waals surface area contributed by atoms with Gasteiger partial charge in [-0.1, -0.05) is 15.9 Å². The zero-order valence-corrected chi connectivity index (χ0v) is 12.4. The topological polar surface area (TPSA) is 23.5 Å². The standard InChI is InChI=1S/C14H19BrFNO/c1-10(2)17-7-5-14(18,6-8-17)12-9-11(15)3-4-13(12)16/h3-4,9-10,18H,5-8H2,1-2H3. The normalized spacial score (nSPS) is 20.3. The van der Waals surface area contributed by atoms with Crippen molar-refractivity contribution in [1.82, 2.24) is 4.90 Å². The maximum absolute atomic E-state index is 13.9. The van der Waals surface area contributed by atoms with Crippen LogP contribution >= 0.6 is 15.9 Å². The van der Waals surface area contributed by atoms with Gasteiger partial charge in [-0.05, 0) is 44.9 Å². The molecule has 0 atom stereocenters. The molecular weight excluding hydrogens is 297 g/mol. The third kappa shape index (κ3) is 2.76. The van der Waals surface area contributed by atoms with Crippen LogP contribution in [0.25, 0.3) is 0 Å². The van der Waals surface area contributed by atoms with Crippen LogP contribution in [-0.2, 0) is 5.60 Å². The van der Waals surface area contributed by atoms with Crippen molar-refractivity contribution in [1.29, 1.82) is 0 Å². The summed E-state index contributed by atoms with van der Waals surface area (Å²) < 4.78 is 14.7. The Hall–Kier alpha value is -0.450. The minimum absolute atomic E-state index is 0.321. The number of benzene rings is 1. The Kier molecular flexibility index (Phi) is 4.09. The molecule has 0 bridgehead atoms. The van der Waals surface area contributed by atoms with Crippen LogP contribution in [0.2, 0.25) is 0 Å². The molecule has 1 aliphatic heterocycles. The van der Waals surface area contributed by atoms with Gasteiger partial charge in [-0.15, -0.1) is 0 Å². The molecule has 1 fully saturated rings. The minimum atomic E-state index is -1.03. The lowest BCUT2D eigenvalue weighted by molar-refractivity contribution is -0.0348. The van der Waals surface area contributed by atoms with Gasteiger partial charge in [-0.3, -0.25) is 0 Å². The maximum Gasteiger partial charge on any atom is 0.129 e. The Bertz CT molecular complexity index is 428. The number of hydrogen-bond donors (Lipinski definition) is 1. The van der Waals surface area contributed by atoms with Crippen molar-refractivity contribution in [3.63, 3.8) is 0 Å². The molecule has 1 heterocycles. The van der Waals surface area contributed by atoms with Crippen LogP contribution in [-0.4, -0.2) is 29.1 Å². The van der Waals surface area contributed by atoms with Gasteiger partial charge in [0.05, 0.1) is 5.60 Å². The lowest BCUT2D eigenvalue weighted by Crippen LogP contribution is -2.45. The van der Waals surface area contributed by atoms with Crippen LogP contribution in [0.4, 0.5) is 4.39 Å². The number of likely N-dealkylation sites (tertiary alicyclic amines) is 1. The van der Waals surface area contributed by atoms with E-state index in [1.165, 1.54) is 6.07 Å². The highest BCUT2D eigenvalue weighted by Gasteiger charge is 2.36. The molecule has 0 spiro atoms. The zero-order chi connectivity index (χ0) is 13.3. The Labute approximate surface area is 116 Å². The van der Waals surface area contributed by atoms with E-state index in [1.807, 2.05) is 0 Å². The fourth-order valence-corrected chi connectivity index (χ4v) is 2.89. The first-order chi connectivity index (χ1) is 8.42. The average molecular weight is 316 g/mol. The van der Waals surface area contributed by atoms with E-state index in [0.717, 1.165) is 17.6 Å². The molecule has 18 heavy (non-hydrogen) atoms. The molecule has 0 aromatic heterocycles. The summed E-state index contributed by atoms with van der Waals surface area (Å²) in [6, 6.07) is 5.24. The molecule has 0 saturated carbocycles. The first kappa shape index (κ1) is 14.0. The van der Waals surface area contributed by atoms with Crippen LogP contribution in [0.15, 0.2) is 22.7 Å². The molecule has 1 aromatic carbocycles. The van der Waals surface area contributed by atoms with Crippen molar-refractivity contribution in [3.05, 3.63) is 34.1 Å². The maximum atomic E-state index is 13.9. The smallest absolute Gasteiger partial charge is 0.129 e. The van der Waals surface area contributed by atoms with Crippen molar-refractivity contribution in [3.8, 4) is 0 Å². The Morgan fingerprint density at radius 2 is 1.94 bits per heavy atom. The second-order valence-electron chi connectivity index (χ2n) is 5.29. The van der Waals surface area contributed by atoms with Gasteiger partial charge in [0.25, 0.3) is 0 Å². The van der Waals surface area contributed by atoms with E-state index in [4.69, 9.17) is 0 Å². The number of halogens is 2. The van der Waals surface area contributed by atoms with Gasteiger partial charge in [0.2, 0.25) is 0 Å². The lowest BCUT2D eigenvalue weighted by atomic mass is 9.84. The fourth-order valence-electron chi connectivity index (χ4n) is 2.53. The summed E-state index contributed by atoms with van der Waals surface area (Å²) in [7, 11) is 0. The van der Waals surface area contributed by atoms with E-state index in [2.05, 4.69) is 34.7 Å². The monoisotopic (exact) mass is 315 g/mol. The molecule has 2 nitrogen and oxygen atoms in total. The van der Waals surface area contributed by atoms with E-state index in [1.54, 1.807) is 12.1 Å². The first-order valence-electron chi connectivity index (χ1n) is 6.34. The van der Waals surface area contributed by atoms with Gasteiger partial charge in [0, 0.05) is 29.2 Å². The van der Waals surface area contributed by atoms with Crippen molar-refractivity contribution in [2.75, 3.05) is 13.1 Å². The van der Waals surface area contributed by atoms with Crippen LogP contribution in [0.1, 0.15) is 32.3 Å². The lowest BCUT2D eigenvalue weighted by Gasteiger charge is -2.40. The molecule has 0 aliphatic carbocycles.